The van der Waals surface area contributed by atoms with Crippen LogP contribution in [0.3, 0.4) is 0 Å². The van der Waals surface area contributed by atoms with Crippen LogP contribution in [0.25, 0.3) is 11.8 Å². The Kier molecular flexibility index (Phi) is 4.83. The number of anilines is 1. The number of aromatic nitrogens is 1. The van der Waals surface area contributed by atoms with Gasteiger partial charge in [-0.25, -0.2) is 9.69 Å². The Morgan fingerprint density at radius 3 is 2.33 bits per heavy atom. The lowest BCUT2D eigenvalue weighted by Gasteiger charge is -2.11. The molecule has 150 valence electrons. The highest BCUT2D eigenvalue weighted by Crippen LogP contribution is 2.26. The molecule has 2 heterocycles. The van der Waals surface area contributed by atoms with Gasteiger partial charge in [0.2, 0.25) is 0 Å². The molecule has 0 radical (unpaired) electrons. The Bertz CT molecular complexity index is 1210. The zero-order chi connectivity index (χ0) is 21.4. The maximum atomic E-state index is 12.8. The van der Waals surface area contributed by atoms with E-state index in [9.17, 15) is 14.4 Å². The zero-order valence-electron chi connectivity index (χ0n) is 17.0. The van der Waals surface area contributed by atoms with Crippen LogP contribution in [0.2, 0.25) is 0 Å². The van der Waals surface area contributed by atoms with E-state index in [2.05, 4.69) is 5.32 Å². The van der Waals surface area contributed by atoms with Gasteiger partial charge in [-0.05, 0) is 62.7 Å². The fraction of sp³-hybridized carbons (Fsp3) is 0.125. The Balaban J connectivity index is 1.71. The summed E-state index contributed by atoms with van der Waals surface area (Å²) in [6.07, 6.45) is 1.69. The number of Topliss-reactive ketones (excluding diaryl/α,β-unsaturated/α-hetero) is 1. The van der Waals surface area contributed by atoms with Crippen LogP contribution in [0.15, 0.2) is 66.4 Å². The quantitative estimate of drug-likeness (QED) is 0.402. The van der Waals surface area contributed by atoms with Crippen LogP contribution in [-0.4, -0.2) is 22.3 Å². The van der Waals surface area contributed by atoms with E-state index in [0.717, 1.165) is 27.5 Å². The number of amides is 3. The summed E-state index contributed by atoms with van der Waals surface area (Å²) in [5.41, 5.74) is 4.93. The number of hydrogen-bond acceptors (Lipinski definition) is 3. The average Bonchev–Trinajstić information content (AvgIpc) is 3.17. The number of carbonyl (C=O) groups is 3. The summed E-state index contributed by atoms with van der Waals surface area (Å²) in [5, 5.41) is 2.67. The Morgan fingerprint density at radius 1 is 0.933 bits per heavy atom. The van der Waals surface area contributed by atoms with Crippen LogP contribution >= 0.6 is 0 Å². The molecule has 0 atom stereocenters. The van der Waals surface area contributed by atoms with Crippen LogP contribution in [-0.2, 0) is 4.79 Å². The molecule has 0 aliphatic carbocycles. The topological polar surface area (TPSA) is 71.4 Å². The Morgan fingerprint density at radius 2 is 1.63 bits per heavy atom. The van der Waals surface area contributed by atoms with Crippen molar-refractivity contribution >= 4 is 29.5 Å². The van der Waals surface area contributed by atoms with Crippen molar-refractivity contribution in [3.05, 3.63) is 88.9 Å². The second-order valence-corrected chi connectivity index (χ2v) is 7.23. The van der Waals surface area contributed by atoms with Crippen molar-refractivity contribution in [3.8, 4) is 5.69 Å². The third-order valence-corrected chi connectivity index (χ3v) is 5.17. The standard InChI is InChI=1S/C24H21N3O3/c1-15-12-19(16(2)26(15)21-11-7-8-18(13-21)17(3)28)14-22-23(29)27(24(30)25-22)20-9-5-4-6-10-20/h4-14H,1-3H3,(H,25,30). The van der Waals surface area contributed by atoms with Crippen molar-refractivity contribution in [1.82, 2.24) is 9.88 Å². The fourth-order valence-electron chi connectivity index (χ4n) is 3.70. The number of rotatable bonds is 4. The molecule has 1 aromatic heterocycles. The van der Waals surface area contributed by atoms with Gasteiger partial charge in [-0.15, -0.1) is 0 Å². The molecule has 4 rings (SSSR count). The van der Waals surface area contributed by atoms with Crippen molar-refractivity contribution in [2.45, 2.75) is 20.8 Å². The molecule has 30 heavy (non-hydrogen) atoms. The average molecular weight is 399 g/mol. The number of nitrogens with one attached hydrogen (secondary N) is 1. The molecule has 0 bridgehead atoms. The van der Waals surface area contributed by atoms with Crippen LogP contribution in [0, 0.1) is 13.8 Å². The van der Waals surface area contributed by atoms with Crippen molar-refractivity contribution in [2.24, 2.45) is 0 Å². The number of para-hydroxylation sites is 1. The first-order valence-electron chi connectivity index (χ1n) is 9.59. The van der Waals surface area contributed by atoms with Crippen molar-refractivity contribution in [1.29, 1.82) is 0 Å². The summed E-state index contributed by atoms with van der Waals surface area (Å²) in [4.78, 5) is 38.1. The van der Waals surface area contributed by atoms with Gasteiger partial charge in [0.05, 0.1) is 5.69 Å². The van der Waals surface area contributed by atoms with Gasteiger partial charge in [0.1, 0.15) is 5.70 Å². The highest BCUT2D eigenvalue weighted by Gasteiger charge is 2.34. The molecule has 2 aromatic carbocycles. The van der Waals surface area contributed by atoms with Crippen LogP contribution in [0.1, 0.15) is 34.2 Å². The second kappa shape index (κ2) is 7.48. The number of imide groups is 1. The molecular weight excluding hydrogens is 378 g/mol. The number of hydrogen-bond donors (Lipinski definition) is 1. The monoisotopic (exact) mass is 399 g/mol. The maximum absolute atomic E-state index is 12.8. The van der Waals surface area contributed by atoms with Gasteiger partial charge in [-0.3, -0.25) is 9.59 Å². The van der Waals surface area contributed by atoms with E-state index in [0.29, 0.717) is 11.3 Å². The lowest BCUT2D eigenvalue weighted by atomic mass is 10.1. The number of aryl methyl sites for hydroxylation is 1. The van der Waals surface area contributed by atoms with Crippen molar-refractivity contribution in [2.75, 3.05) is 4.90 Å². The molecule has 0 unspecified atom stereocenters. The number of urea groups is 1. The molecule has 3 aromatic rings. The van der Waals surface area contributed by atoms with Crippen LogP contribution in [0.5, 0.6) is 0 Å². The molecule has 0 spiro atoms. The Labute approximate surface area is 174 Å². The minimum atomic E-state index is -0.472. The molecule has 6 heteroatoms. The van der Waals surface area contributed by atoms with Gasteiger partial charge < -0.3 is 9.88 Å². The predicted octanol–water partition coefficient (Wildman–Crippen LogP) is 4.39. The summed E-state index contributed by atoms with van der Waals surface area (Å²) in [6.45, 7) is 5.44. The maximum Gasteiger partial charge on any atom is 0.333 e. The third kappa shape index (κ3) is 3.33. The first kappa shape index (κ1) is 19.4. The number of benzene rings is 2. The lowest BCUT2D eigenvalue weighted by molar-refractivity contribution is -0.113. The van der Waals surface area contributed by atoms with Crippen molar-refractivity contribution in [3.63, 3.8) is 0 Å². The highest BCUT2D eigenvalue weighted by atomic mass is 16.2. The minimum absolute atomic E-state index is 0.00178. The first-order valence-corrected chi connectivity index (χ1v) is 9.59. The predicted molar refractivity (Wildman–Crippen MR) is 116 cm³/mol. The Hall–Kier alpha value is -3.93. The molecule has 0 saturated carbocycles. The highest BCUT2D eigenvalue weighted by molar-refractivity contribution is 6.28. The molecule has 6 nitrogen and oxygen atoms in total. The molecule has 1 aliphatic rings. The van der Waals surface area contributed by atoms with Gasteiger partial charge >= 0.3 is 6.03 Å². The summed E-state index contributed by atoms with van der Waals surface area (Å²) < 4.78 is 2.02. The van der Waals surface area contributed by atoms with Gasteiger partial charge in [-0.1, -0.05) is 30.3 Å². The summed E-state index contributed by atoms with van der Waals surface area (Å²) in [7, 11) is 0. The fourth-order valence-corrected chi connectivity index (χ4v) is 3.70. The number of nitrogens with zero attached hydrogens (tertiary/aromatic N) is 2. The van der Waals surface area contributed by atoms with E-state index in [1.165, 1.54) is 6.92 Å². The number of ketones is 1. The normalized spacial score (nSPS) is 15.0. The molecule has 1 N–H and O–H groups in total. The second-order valence-electron chi connectivity index (χ2n) is 7.23. The zero-order valence-corrected chi connectivity index (χ0v) is 17.0. The van der Waals surface area contributed by atoms with E-state index in [-0.39, 0.29) is 11.5 Å². The van der Waals surface area contributed by atoms with Gasteiger partial charge in [0.25, 0.3) is 5.91 Å². The van der Waals surface area contributed by atoms with Gasteiger partial charge in [-0.2, -0.15) is 0 Å². The largest absolute Gasteiger partial charge is 0.333 e. The summed E-state index contributed by atoms with van der Waals surface area (Å²) in [5.74, 6) is -0.392. The summed E-state index contributed by atoms with van der Waals surface area (Å²) in [6, 6.07) is 17.7. The smallest absolute Gasteiger partial charge is 0.318 e. The van der Waals surface area contributed by atoms with E-state index < -0.39 is 11.9 Å². The van der Waals surface area contributed by atoms with E-state index >= 15 is 0 Å². The van der Waals surface area contributed by atoms with Crippen LogP contribution < -0.4 is 10.2 Å². The molecule has 1 aliphatic heterocycles. The van der Waals surface area contributed by atoms with Crippen LogP contribution in [0.4, 0.5) is 10.5 Å². The third-order valence-electron chi connectivity index (χ3n) is 5.17. The van der Waals surface area contributed by atoms with Gasteiger partial charge in [0.15, 0.2) is 5.78 Å². The van der Waals surface area contributed by atoms with Gasteiger partial charge in [0, 0.05) is 22.6 Å². The first-order chi connectivity index (χ1) is 14.4. The molecule has 3 amide bonds. The SMILES string of the molecule is CC(=O)c1cccc(-n2c(C)cc(C=C3NC(=O)N(c4ccccc4)C3=O)c2C)c1. The molecular formula is C24H21N3O3. The molecule has 1 saturated heterocycles. The van der Waals surface area contributed by atoms with E-state index in [1.807, 2.05) is 48.7 Å². The number of carbonyl (C=O) groups excluding carboxylic acids is 3. The van der Waals surface area contributed by atoms with Crippen molar-refractivity contribution < 1.29 is 14.4 Å². The molecule has 1 fully saturated rings. The minimum Gasteiger partial charge on any atom is -0.318 e. The summed E-state index contributed by atoms with van der Waals surface area (Å²) >= 11 is 0. The van der Waals surface area contributed by atoms with E-state index in [4.69, 9.17) is 0 Å². The lowest BCUT2D eigenvalue weighted by Crippen LogP contribution is -2.30. The van der Waals surface area contributed by atoms with E-state index in [1.54, 1.807) is 36.4 Å².